The van der Waals surface area contributed by atoms with E-state index >= 15 is 0 Å². The number of methoxy groups -OCH3 is 1. The molecule has 1 N–H and O–H groups in total. The molecule has 1 aromatic carbocycles. The number of nitrogens with one attached hydrogen (secondary N) is 1. The van der Waals surface area contributed by atoms with Crippen LogP contribution in [0.4, 0.5) is 0 Å². The zero-order valence-electron chi connectivity index (χ0n) is 10.4. The topological polar surface area (TPSA) is 21.3 Å². The van der Waals surface area contributed by atoms with E-state index in [2.05, 4.69) is 37.4 Å². The average molecular weight is 219 g/mol. The summed E-state index contributed by atoms with van der Waals surface area (Å²) in [5.41, 5.74) is 2.83. The molecule has 0 saturated heterocycles. The lowest BCUT2D eigenvalue weighted by Gasteiger charge is -2.18. The lowest BCUT2D eigenvalue weighted by molar-refractivity contribution is 0.404. The van der Waals surface area contributed by atoms with Crippen LogP contribution in [0.5, 0.6) is 5.75 Å². The Labute approximate surface area is 98.0 Å². The van der Waals surface area contributed by atoms with Crippen LogP contribution < -0.4 is 10.1 Å². The first-order chi connectivity index (χ1) is 7.77. The van der Waals surface area contributed by atoms with Crippen molar-refractivity contribution in [2.45, 2.75) is 32.7 Å². The fourth-order valence-electron chi connectivity index (χ4n) is 2.64. The summed E-state index contributed by atoms with van der Waals surface area (Å²) in [6, 6.07) is 6.89. The van der Waals surface area contributed by atoms with Crippen molar-refractivity contribution in [3.8, 4) is 5.75 Å². The number of fused-ring (bicyclic) bond motifs is 1. The monoisotopic (exact) mass is 219 g/mol. The minimum atomic E-state index is 0.505. The molecule has 0 fully saturated rings. The summed E-state index contributed by atoms with van der Waals surface area (Å²) in [6.07, 6.45) is 2.31. The molecule has 16 heavy (non-hydrogen) atoms. The zero-order valence-corrected chi connectivity index (χ0v) is 10.4. The number of rotatable bonds is 4. The standard InChI is InChI=1S/C14H21NO/c1-4-8-15-14-10(2)9-12-11(14)6-5-7-13(12)16-3/h5-7,10,14-15H,4,8-9H2,1-3H3. The van der Waals surface area contributed by atoms with E-state index in [0.29, 0.717) is 12.0 Å². The Balaban J connectivity index is 2.27. The lowest BCUT2D eigenvalue weighted by atomic mass is 10.0. The van der Waals surface area contributed by atoms with Crippen molar-refractivity contribution >= 4 is 0 Å². The molecule has 2 nitrogen and oxygen atoms in total. The molecule has 2 atom stereocenters. The van der Waals surface area contributed by atoms with Crippen LogP contribution in [0.2, 0.25) is 0 Å². The third kappa shape index (κ3) is 1.94. The second kappa shape index (κ2) is 4.88. The highest BCUT2D eigenvalue weighted by Gasteiger charge is 2.30. The molecule has 0 bridgehead atoms. The van der Waals surface area contributed by atoms with Gasteiger partial charge in [-0.15, -0.1) is 0 Å². The smallest absolute Gasteiger partial charge is 0.122 e. The van der Waals surface area contributed by atoms with E-state index in [1.54, 1.807) is 7.11 Å². The molecular weight excluding hydrogens is 198 g/mol. The molecule has 1 aliphatic carbocycles. The second-order valence-corrected chi connectivity index (χ2v) is 4.64. The van der Waals surface area contributed by atoms with Crippen LogP contribution >= 0.6 is 0 Å². The first kappa shape index (κ1) is 11.5. The zero-order chi connectivity index (χ0) is 11.5. The molecular formula is C14H21NO. The molecule has 2 unspecified atom stereocenters. The summed E-state index contributed by atoms with van der Waals surface area (Å²) in [5, 5.41) is 3.63. The van der Waals surface area contributed by atoms with Gasteiger partial charge in [-0.3, -0.25) is 0 Å². The Kier molecular flexibility index (Phi) is 3.49. The highest BCUT2D eigenvalue weighted by atomic mass is 16.5. The third-order valence-electron chi connectivity index (χ3n) is 3.43. The average Bonchev–Trinajstić information content (AvgIpc) is 2.62. The molecule has 0 amide bonds. The largest absolute Gasteiger partial charge is 0.496 e. The quantitative estimate of drug-likeness (QED) is 0.840. The fraction of sp³-hybridized carbons (Fsp3) is 0.571. The van der Waals surface area contributed by atoms with Crippen molar-refractivity contribution in [2.75, 3.05) is 13.7 Å². The van der Waals surface area contributed by atoms with Gasteiger partial charge >= 0.3 is 0 Å². The second-order valence-electron chi connectivity index (χ2n) is 4.64. The first-order valence-corrected chi connectivity index (χ1v) is 6.17. The Morgan fingerprint density at radius 1 is 1.44 bits per heavy atom. The Morgan fingerprint density at radius 2 is 2.25 bits per heavy atom. The predicted molar refractivity (Wildman–Crippen MR) is 66.9 cm³/mol. The summed E-state index contributed by atoms with van der Waals surface area (Å²) < 4.78 is 5.43. The maximum atomic E-state index is 5.43. The van der Waals surface area contributed by atoms with E-state index in [4.69, 9.17) is 4.74 Å². The van der Waals surface area contributed by atoms with Gasteiger partial charge in [-0.1, -0.05) is 26.0 Å². The Bertz CT molecular complexity index is 362. The Hall–Kier alpha value is -1.02. The summed E-state index contributed by atoms with van der Waals surface area (Å²) in [7, 11) is 1.76. The van der Waals surface area contributed by atoms with Gasteiger partial charge in [-0.05, 0) is 42.5 Å². The van der Waals surface area contributed by atoms with Gasteiger partial charge in [0, 0.05) is 6.04 Å². The van der Waals surface area contributed by atoms with Crippen LogP contribution in [0.15, 0.2) is 18.2 Å². The minimum absolute atomic E-state index is 0.505. The van der Waals surface area contributed by atoms with Crippen molar-refractivity contribution < 1.29 is 4.74 Å². The molecule has 0 radical (unpaired) electrons. The molecule has 2 heteroatoms. The number of benzene rings is 1. The van der Waals surface area contributed by atoms with E-state index in [1.807, 2.05) is 0 Å². The summed E-state index contributed by atoms with van der Waals surface area (Å²) in [6.45, 7) is 5.61. The van der Waals surface area contributed by atoms with Crippen LogP contribution in [0.3, 0.4) is 0 Å². The normalized spacial score (nSPS) is 23.2. The van der Waals surface area contributed by atoms with Crippen molar-refractivity contribution in [3.05, 3.63) is 29.3 Å². The molecule has 2 rings (SSSR count). The molecule has 0 spiro atoms. The van der Waals surface area contributed by atoms with Gasteiger partial charge in [-0.2, -0.15) is 0 Å². The van der Waals surface area contributed by atoms with E-state index in [9.17, 15) is 0 Å². The molecule has 0 aliphatic heterocycles. The molecule has 1 aromatic rings. The van der Waals surface area contributed by atoms with Crippen molar-refractivity contribution in [1.29, 1.82) is 0 Å². The minimum Gasteiger partial charge on any atom is -0.496 e. The predicted octanol–water partition coefficient (Wildman–Crippen LogP) is 2.93. The Morgan fingerprint density at radius 3 is 2.94 bits per heavy atom. The number of hydrogen-bond donors (Lipinski definition) is 1. The van der Waals surface area contributed by atoms with E-state index in [0.717, 1.165) is 18.7 Å². The van der Waals surface area contributed by atoms with Gasteiger partial charge in [0.05, 0.1) is 7.11 Å². The molecule has 0 saturated carbocycles. The summed E-state index contributed by atoms with van der Waals surface area (Å²) >= 11 is 0. The highest BCUT2D eigenvalue weighted by Crippen LogP contribution is 2.40. The molecule has 0 heterocycles. The third-order valence-corrected chi connectivity index (χ3v) is 3.43. The van der Waals surface area contributed by atoms with E-state index in [1.165, 1.54) is 17.5 Å². The SMILES string of the molecule is CCCNC1c2cccc(OC)c2CC1C. The van der Waals surface area contributed by atoms with Gasteiger partial charge in [0.15, 0.2) is 0 Å². The summed E-state index contributed by atoms with van der Waals surface area (Å²) in [5.74, 6) is 1.71. The maximum absolute atomic E-state index is 5.43. The van der Waals surface area contributed by atoms with Gasteiger partial charge in [0.1, 0.15) is 5.75 Å². The number of ether oxygens (including phenoxy) is 1. The van der Waals surface area contributed by atoms with Crippen molar-refractivity contribution in [1.82, 2.24) is 5.32 Å². The van der Waals surface area contributed by atoms with Gasteiger partial charge in [0.25, 0.3) is 0 Å². The van der Waals surface area contributed by atoms with Crippen LogP contribution in [0.1, 0.15) is 37.4 Å². The first-order valence-electron chi connectivity index (χ1n) is 6.17. The summed E-state index contributed by atoms with van der Waals surface area (Å²) in [4.78, 5) is 0. The molecule has 0 aromatic heterocycles. The van der Waals surface area contributed by atoms with Gasteiger partial charge in [0.2, 0.25) is 0 Å². The van der Waals surface area contributed by atoms with Crippen molar-refractivity contribution in [3.63, 3.8) is 0 Å². The van der Waals surface area contributed by atoms with E-state index in [-0.39, 0.29) is 0 Å². The molecule has 88 valence electrons. The van der Waals surface area contributed by atoms with Crippen LogP contribution in [0.25, 0.3) is 0 Å². The van der Waals surface area contributed by atoms with Gasteiger partial charge in [-0.25, -0.2) is 0 Å². The number of hydrogen-bond acceptors (Lipinski definition) is 2. The maximum Gasteiger partial charge on any atom is 0.122 e. The van der Waals surface area contributed by atoms with Crippen LogP contribution in [-0.4, -0.2) is 13.7 Å². The highest BCUT2D eigenvalue weighted by molar-refractivity contribution is 5.45. The van der Waals surface area contributed by atoms with E-state index < -0.39 is 0 Å². The van der Waals surface area contributed by atoms with Gasteiger partial charge < -0.3 is 10.1 Å². The fourth-order valence-corrected chi connectivity index (χ4v) is 2.64. The van der Waals surface area contributed by atoms with Crippen LogP contribution in [-0.2, 0) is 6.42 Å². The van der Waals surface area contributed by atoms with Crippen LogP contribution in [0, 0.1) is 5.92 Å². The molecule has 1 aliphatic rings. The lowest BCUT2D eigenvalue weighted by Crippen LogP contribution is -2.24. The van der Waals surface area contributed by atoms with Crippen molar-refractivity contribution in [2.24, 2.45) is 5.92 Å².